The smallest absolute Gasteiger partial charge is 0.508 e. The maximum atomic E-state index is 12.2. The molecule has 3 N–H and O–H groups in total. The van der Waals surface area contributed by atoms with Crippen molar-refractivity contribution in [1.82, 2.24) is 0 Å². The molecule has 1 heterocycles. The molecule has 0 spiro atoms. The molecule has 0 saturated heterocycles. The molecule has 0 aliphatic carbocycles. The first-order valence-corrected chi connectivity index (χ1v) is 6.62. The quantitative estimate of drug-likeness (QED) is 0.639. The van der Waals surface area contributed by atoms with E-state index in [9.17, 15) is 20.1 Å². The second-order valence-electron chi connectivity index (χ2n) is 5.00. The van der Waals surface area contributed by atoms with Crippen LogP contribution in [-0.4, -0.2) is 28.2 Å². The van der Waals surface area contributed by atoms with Gasteiger partial charge in [0.05, 0.1) is 13.5 Å². The summed E-state index contributed by atoms with van der Waals surface area (Å²) in [6.07, 6.45) is -0.546. The Morgan fingerprint density at radius 3 is 2.57 bits per heavy atom. The van der Waals surface area contributed by atoms with Crippen LogP contribution >= 0.6 is 0 Å². The molecule has 0 fully saturated rings. The number of carbonyl (C=O) groups excluding carboxylic acids is 1. The fourth-order valence-corrected chi connectivity index (χ4v) is 2.51. The summed E-state index contributed by atoms with van der Waals surface area (Å²) in [6.45, 7) is 0. The SMILES string of the molecule is COc1cc(C2CC(=O)c3c(O)cc(O)cc3O2)ccc1O.[K+]. The average molecular weight is 341 g/mol. The summed E-state index contributed by atoms with van der Waals surface area (Å²) >= 11 is 0. The number of aromatic hydroxyl groups is 3. The van der Waals surface area contributed by atoms with Gasteiger partial charge < -0.3 is 24.8 Å². The first kappa shape index (κ1) is 18.1. The number of Topliss-reactive ketones (excluding diaryl/α,β-unsaturated/α-hetero) is 1. The molecule has 7 heteroatoms. The van der Waals surface area contributed by atoms with Gasteiger partial charge in [-0.1, -0.05) is 6.07 Å². The van der Waals surface area contributed by atoms with Gasteiger partial charge in [-0.3, -0.25) is 4.79 Å². The zero-order chi connectivity index (χ0) is 15.9. The van der Waals surface area contributed by atoms with Gasteiger partial charge >= 0.3 is 51.4 Å². The van der Waals surface area contributed by atoms with Gasteiger partial charge in [-0.05, 0) is 17.7 Å². The Morgan fingerprint density at radius 2 is 1.87 bits per heavy atom. The van der Waals surface area contributed by atoms with Crippen molar-refractivity contribution in [3.8, 4) is 28.7 Å². The number of phenolic OH excluding ortho intramolecular Hbond substituents is 3. The van der Waals surface area contributed by atoms with E-state index in [0.29, 0.717) is 5.56 Å². The predicted octanol–water partition coefficient (Wildman–Crippen LogP) is -0.478. The summed E-state index contributed by atoms with van der Waals surface area (Å²) in [5.74, 6) is -0.376. The summed E-state index contributed by atoms with van der Waals surface area (Å²) in [5, 5.41) is 28.9. The fraction of sp³-hybridized carbons (Fsp3) is 0.188. The monoisotopic (exact) mass is 341 g/mol. The van der Waals surface area contributed by atoms with Gasteiger partial charge in [0.2, 0.25) is 0 Å². The van der Waals surface area contributed by atoms with Crippen molar-refractivity contribution in [3.05, 3.63) is 41.5 Å². The van der Waals surface area contributed by atoms with Gasteiger partial charge in [-0.25, -0.2) is 0 Å². The van der Waals surface area contributed by atoms with Crippen molar-refractivity contribution >= 4 is 5.78 Å². The van der Waals surface area contributed by atoms with Crippen molar-refractivity contribution in [1.29, 1.82) is 0 Å². The van der Waals surface area contributed by atoms with E-state index in [0.717, 1.165) is 6.07 Å². The van der Waals surface area contributed by atoms with Crippen LogP contribution in [0.1, 0.15) is 28.4 Å². The summed E-state index contributed by atoms with van der Waals surface area (Å²) in [7, 11) is 1.43. The van der Waals surface area contributed by atoms with Gasteiger partial charge in [-0.15, -0.1) is 0 Å². The van der Waals surface area contributed by atoms with E-state index in [1.54, 1.807) is 12.1 Å². The van der Waals surface area contributed by atoms with Crippen molar-refractivity contribution in [2.75, 3.05) is 7.11 Å². The molecule has 3 rings (SSSR count). The van der Waals surface area contributed by atoms with Crippen LogP contribution in [0.15, 0.2) is 30.3 Å². The normalized spacial score (nSPS) is 16.0. The van der Waals surface area contributed by atoms with E-state index in [1.165, 1.54) is 19.2 Å². The predicted molar refractivity (Wildman–Crippen MR) is 76.7 cm³/mol. The molecule has 0 aromatic heterocycles. The third-order valence-electron chi connectivity index (χ3n) is 3.56. The molecule has 0 bridgehead atoms. The minimum Gasteiger partial charge on any atom is -0.508 e. The van der Waals surface area contributed by atoms with E-state index >= 15 is 0 Å². The standard InChI is InChI=1S/C16H14O6.K/c1-21-14-4-8(2-3-10(14)18)13-7-12(20)16-11(19)5-9(17)6-15(16)22-13;/h2-6,13,17-19H,7H2,1H3;/q;+1. The maximum absolute atomic E-state index is 12.2. The first-order chi connectivity index (χ1) is 10.5. The van der Waals surface area contributed by atoms with Crippen molar-refractivity contribution < 1.29 is 81.0 Å². The Kier molecular flexibility index (Phi) is 5.59. The van der Waals surface area contributed by atoms with Gasteiger partial charge in [-0.2, -0.15) is 0 Å². The molecule has 0 radical (unpaired) electrons. The summed E-state index contributed by atoms with van der Waals surface area (Å²) in [6, 6.07) is 7.06. The van der Waals surface area contributed by atoms with Crippen LogP contribution in [0.25, 0.3) is 0 Å². The van der Waals surface area contributed by atoms with E-state index in [4.69, 9.17) is 9.47 Å². The van der Waals surface area contributed by atoms with Gasteiger partial charge in [0.15, 0.2) is 17.3 Å². The molecule has 114 valence electrons. The molecule has 0 amide bonds. The molecule has 1 aliphatic heterocycles. The Labute approximate surface area is 175 Å². The molecule has 1 unspecified atom stereocenters. The number of benzene rings is 2. The number of carbonyl (C=O) groups is 1. The number of fused-ring (bicyclic) bond motifs is 1. The Bertz CT molecular complexity index is 758. The molecule has 2 aromatic carbocycles. The zero-order valence-electron chi connectivity index (χ0n) is 12.7. The minimum absolute atomic E-state index is 0. The molecule has 2 aromatic rings. The minimum atomic E-state index is -0.587. The third kappa shape index (κ3) is 3.48. The van der Waals surface area contributed by atoms with Crippen molar-refractivity contribution in [2.24, 2.45) is 0 Å². The van der Waals surface area contributed by atoms with Crippen LogP contribution in [-0.2, 0) is 0 Å². The van der Waals surface area contributed by atoms with E-state index in [1.807, 2.05) is 0 Å². The second kappa shape index (κ2) is 7.10. The van der Waals surface area contributed by atoms with Crippen LogP contribution in [0.2, 0.25) is 0 Å². The Balaban J connectivity index is 0.00000192. The Morgan fingerprint density at radius 1 is 1.13 bits per heavy atom. The maximum Gasteiger partial charge on any atom is 1.00 e. The van der Waals surface area contributed by atoms with E-state index < -0.39 is 6.10 Å². The first-order valence-electron chi connectivity index (χ1n) is 6.62. The second-order valence-corrected chi connectivity index (χ2v) is 5.00. The molecule has 1 atom stereocenters. The molecule has 1 aliphatic rings. The van der Waals surface area contributed by atoms with Gasteiger partial charge in [0, 0.05) is 12.1 Å². The van der Waals surface area contributed by atoms with Crippen LogP contribution < -0.4 is 60.9 Å². The molecular formula is C16H14KO6+. The molecule has 6 nitrogen and oxygen atoms in total. The van der Waals surface area contributed by atoms with Crippen LogP contribution in [0, 0.1) is 0 Å². The summed E-state index contributed by atoms with van der Waals surface area (Å²) < 4.78 is 10.8. The summed E-state index contributed by atoms with van der Waals surface area (Å²) in [4.78, 5) is 12.2. The number of hydrogen-bond donors (Lipinski definition) is 3. The topological polar surface area (TPSA) is 96.2 Å². The van der Waals surface area contributed by atoms with E-state index in [-0.39, 0.29) is 97.9 Å². The number of rotatable bonds is 2. The van der Waals surface area contributed by atoms with E-state index in [2.05, 4.69) is 0 Å². The molecule has 0 saturated carbocycles. The Hall–Kier alpha value is -1.25. The summed E-state index contributed by atoms with van der Waals surface area (Å²) in [5.41, 5.74) is 0.719. The molecule has 23 heavy (non-hydrogen) atoms. The van der Waals surface area contributed by atoms with Crippen molar-refractivity contribution in [3.63, 3.8) is 0 Å². The zero-order valence-corrected chi connectivity index (χ0v) is 15.9. The van der Waals surface area contributed by atoms with Gasteiger partial charge in [0.25, 0.3) is 0 Å². The number of phenols is 3. The van der Waals surface area contributed by atoms with Crippen molar-refractivity contribution in [2.45, 2.75) is 12.5 Å². The molecular weight excluding hydrogens is 327 g/mol. The fourth-order valence-electron chi connectivity index (χ4n) is 2.51. The van der Waals surface area contributed by atoms with Crippen LogP contribution in [0.5, 0.6) is 28.7 Å². The van der Waals surface area contributed by atoms with Crippen LogP contribution in [0.4, 0.5) is 0 Å². The average Bonchev–Trinajstić information content (AvgIpc) is 2.46. The number of hydrogen-bond acceptors (Lipinski definition) is 6. The third-order valence-corrected chi connectivity index (χ3v) is 3.56. The van der Waals surface area contributed by atoms with Crippen LogP contribution in [0.3, 0.4) is 0 Å². The number of methoxy groups -OCH3 is 1. The van der Waals surface area contributed by atoms with Gasteiger partial charge in [0.1, 0.15) is 28.9 Å². The number of ether oxygens (including phenoxy) is 2. The number of ketones is 1. The largest absolute Gasteiger partial charge is 1.00 e.